The average molecular weight is 435 g/mol. The van der Waals surface area contributed by atoms with Gasteiger partial charge < -0.3 is 15.3 Å². The Morgan fingerprint density at radius 3 is 2.31 bits per heavy atom. The van der Waals surface area contributed by atoms with Crippen molar-refractivity contribution in [1.82, 2.24) is 15.1 Å². The molecule has 0 aromatic heterocycles. The van der Waals surface area contributed by atoms with E-state index in [-0.39, 0.29) is 47.0 Å². The number of imide groups is 1. The number of phenolic OH excluding ortho intramolecular Hbond substituents is 1. The summed E-state index contributed by atoms with van der Waals surface area (Å²) in [7, 11) is 0. The van der Waals surface area contributed by atoms with E-state index in [4.69, 9.17) is 0 Å². The lowest BCUT2D eigenvalue weighted by Crippen LogP contribution is -2.46. The largest absolute Gasteiger partial charge is 0.508 e. The maximum absolute atomic E-state index is 13.0. The van der Waals surface area contributed by atoms with Crippen LogP contribution in [0.25, 0.3) is 0 Å². The lowest BCUT2D eigenvalue weighted by Gasteiger charge is -2.32. The number of nitrogens with zero attached hydrogens (tertiary/aromatic N) is 2. The maximum Gasteiger partial charge on any atom is 0.261 e. The summed E-state index contributed by atoms with van der Waals surface area (Å²) in [6.07, 6.45) is 1.19. The van der Waals surface area contributed by atoms with Gasteiger partial charge in [0.1, 0.15) is 5.75 Å². The fraction of sp³-hybridized carbons (Fsp3) is 0.333. The molecule has 2 N–H and O–H groups in total. The van der Waals surface area contributed by atoms with Crippen LogP contribution >= 0.6 is 0 Å². The molecule has 8 nitrogen and oxygen atoms in total. The van der Waals surface area contributed by atoms with E-state index in [2.05, 4.69) is 5.32 Å². The Balaban J connectivity index is 1.39. The summed E-state index contributed by atoms with van der Waals surface area (Å²) in [4.78, 5) is 53.3. The number of fused-ring (bicyclic) bond motifs is 1. The second-order valence-corrected chi connectivity index (χ2v) is 8.42. The lowest BCUT2D eigenvalue weighted by molar-refractivity contribution is 0.0607. The number of benzene rings is 2. The van der Waals surface area contributed by atoms with Gasteiger partial charge in [-0.05, 0) is 63.1 Å². The van der Waals surface area contributed by atoms with Gasteiger partial charge in [-0.1, -0.05) is 6.07 Å². The van der Waals surface area contributed by atoms with E-state index in [0.29, 0.717) is 42.6 Å². The average Bonchev–Trinajstić information content (AvgIpc) is 3.03. The van der Waals surface area contributed by atoms with E-state index in [1.807, 2.05) is 0 Å². The third-order valence-corrected chi connectivity index (χ3v) is 5.91. The highest BCUT2D eigenvalue weighted by Gasteiger charge is 2.38. The van der Waals surface area contributed by atoms with Crippen LogP contribution in [0.15, 0.2) is 42.5 Å². The maximum atomic E-state index is 13.0. The van der Waals surface area contributed by atoms with Crippen molar-refractivity contribution in [1.29, 1.82) is 0 Å². The first-order valence-corrected chi connectivity index (χ1v) is 10.7. The van der Waals surface area contributed by atoms with Crippen molar-refractivity contribution < 1.29 is 24.3 Å². The molecule has 0 saturated carbocycles. The topological polar surface area (TPSA) is 107 Å². The number of piperidine rings is 1. The van der Waals surface area contributed by atoms with Gasteiger partial charge in [-0.3, -0.25) is 24.1 Å². The number of hydrogen-bond donors (Lipinski definition) is 2. The highest BCUT2D eigenvalue weighted by molar-refractivity contribution is 6.22. The van der Waals surface area contributed by atoms with E-state index in [9.17, 15) is 24.3 Å². The first-order chi connectivity index (χ1) is 15.3. The fourth-order valence-corrected chi connectivity index (χ4v) is 4.19. The Bertz CT molecular complexity index is 1100. The monoisotopic (exact) mass is 435 g/mol. The number of rotatable bonds is 4. The second kappa shape index (κ2) is 8.45. The highest BCUT2D eigenvalue weighted by Crippen LogP contribution is 2.26. The van der Waals surface area contributed by atoms with E-state index >= 15 is 0 Å². The van der Waals surface area contributed by atoms with Crippen LogP contribution in [0.5, 0.6) is 5.75 Å². The molecule has 0 aliphatic carbocycles. The van der Waals surface area contributed by atoms with Crippen molar-refractivity contribution in [2.75, 3.05) is 13.1 Å². The van der Waals surface area contributed by atoms with E-state index < -0.39 is 0 Å². The molecule has 2 aromatic rings. The molecule has 0 atom stereocenters. The molecule has 0 spiro atoms. The number of carbonyl (C=O) groups is 4. The quantitative estimate of drug-likeness (QED) is 0.718. The number of nitrogens with one attached hydrogen (secondary N) is 1. The zero-order valence-electron chi connectivity index (χ0n) is 18.0. The minimum absolute atomic E-state index is 0.0316. The SMILES string of the molecule is CC(C)N1C(=O)c2ccc(C(=O)N3CCC(NC(=O)c4cccc(O)c4)CC3)cc2C1=O. The zero-order chi connectivity index (χ0) is 23.0. The number of amides is 4. The predicted octanol–water partition coefficient (Wildman–Crippen LogP) is 2.43. The standard InChI is InChI=1S/C24H25N3O5/c1-14(2)27-23(31)19-7-6-16(13-20(19)24(27)32)22(30)26-10-8-17(9-11-26)25-21(29)15-4-3-5-18(28)12-15/h3-7,12-14,17,28H,8-11H2,1-2H3,(H,25,29). The van der Waals surface area contributed by atoms with Crippen LogP contribution < -0.4 is 5.32 Å². The van der Waals surface area contributed by atoms with Crippen molar-refractivity contribution in [3.8, 4) is 5.75 Å². The van der Waals surface area contributed by atoms with Crippen LogP contribution in [-0.2, 0) is 0 Å². The Morgan fingerprint density at radius 1 is 0.969 bits per heavy atom. The molecule has 2 aliphatic rings. The van der Waals surface area contributed by atoms with Crippen LogP contribution in [0, 0.1) is 0 Å². The highest BCUT2D eigenvalue weighted by atomic mass is 16.3. The molecule has 166 valence electrons. The van der Waals surface area contributed by atoms with Gasteiger partial charge in [0.2, 0.25) is 0 Å². The van der Waals surface area contributed by atoms with Gasteiger partial charge >= 0.3 is 0 Å². The molecule has 2 heterocycles. The zero-order valence-corrected chi connectivity index (χ0v) is 18.0. The third-order valence-electron chi connectivity index (χ3n) is 5.91. The molecule has 0 bridgehead atoms. The summed E-state index contributed by atoms with van der Waals surface area (Å²) in [6.45, 7) is 4.48. The molecule has 2 aliphatic heterocycles. The van der Waals surface area contributed by atoms with Crippen LogP contribution in [0.2, 0.25) is 0 Å². The van der Waals surface area contributed by atoms with Gasteiger partial charge in [-0.15, -0.1) is 0 Å². The van der Waals surface area contributed by atoms with Crippen LogP contribution in [-0.4, -0.2) is 63.7 Å². The van der Waals surface area contributed by atoms with Crippen LogP contribution in [0.1, 0.15) is 68.1 Å². The molecule has 4 amide bonds. The number of hydrogen-bond acceptors (Lipinski definition) is 5. The van der Waals surface area contributed by atoms with E-state index in [1.165, 1.54) is 23.1 Å². The first kappa shape index (κ1) is 21.5. The molecule has 1 saturated heterocycles. The molecule has 0 unspecified atom stereocenters. The molecule has 0 radical (unpaired) electrons. The van der Waals surface area contributed by atoms with Gasteiger partial charge in [0, 0.05) is 36.3 Å². The van der Waals surface area contributed by atoms with Gasteiger partial charge in [0.05, 0.1) is 11.1 Å². The van der Waals surface area contributed by atoms with Crippen molar-refractivity contribution in [3.63, 3.8) is 0 Å². The summed E-state index contributed by atoms with van der Waals surface area (Å²) in [6, 6.07) is 10.5. The molecule has 2 aromatic carbocycles. The van der Waals surface area contributed by atoms with E-state index in [1.54, 1.807) is 43.0 Å². The fourth-order valence-electron chi connectivity index (χ4n) is 4.19. The van der Waals surface area contributed by atoms with Crippen LogP contribution in [0.3, 0.4) is 0 Å². The van der Waals surface area contributed by atoms with Gasteiger partial charge in [-0.25, -0.2) is 0 Å². The number of phenols is 1. The molecule has 1 fully saturated rings. The minimum atomic E-state index is -0.372. The Kier molecular flexibility index (Phi) is 5.69. The van der Waals surface area contributed by atoms with Crippen molar-refractivity contribution in [3.05, 3.63) is 64.7 Å². The predicted molar refractivity (Wildman–Crippen MR) is 117 cm³/mol. The van der Waals surface area contributed by atoms with E-state index in [0.717, 1.165) is 0 Å². The summed E-state index contributed by atoms with van der Waals surface area (Å²) < 4.78 is 0. The first-order valence-electron chi connectivity index (χ1n) is 10.7. The summed E-state index contributed by atoms with van der Waals surface area (Å²) >= 11 is 0. The summed E-state index contributed by atoms with van der Waals surface area (Å²) in [5.74, 6) is -1.13. The summed E-state index contributed by atoms with van der Waals surface area (Å²) in [5.41, 5.74) is 1.35. The van der Waals surface area contributed by atoms with Gasteiger partial charge in [-0.2, -0.15) is 0 Å². The van der Waals surface area contributed by atoms with Crippen molar-refractivity contribution in [2.24, 2.45) is 0 Å². The number of likely N-dealkylation sites (tertiary alicyclic amines) is 1. The molecular weight excluding hydrogens is 410 g/mol. The molecular formula is C24H25N3O5. The third kappa shape index (κ3) is 3.95. The molecule has 32 heavy (non-hydrogen) atoms. The lowest BCUT2D eigenvalue weighted by atomic mass is 10.0. The van der Waals surface area contributed by atoms with Crippen LogP contribution in [0.4, 0.5) is 0 Å². The van der Waals surface area contributed by atoms with Crippen molar-refractivity contribution in [2.45, 2.75) is 38.8 Å². The number of carbonyl (C=O) groups excluding carboxylic acids is 4. The second-order valence-electron chi connectivity index (χ2n) is 8.42. The Labute approximate surface area is 185 Å². The molecule has 4 rings (SSSR count). The summed E-state index contributed by atoms with van der Waals surface area (Å²) in [5, 5.41) is 12.5. The van der Waals surface area contributed by atoms with Crippen molar-refractivity contribution >= 4 is 23.6 Å². The minimum Gasteiger partial charge on any atom is -0.508 e. The smallest absolute Gasteiger partial charge is 0.261 e. The number of aromatic hydroxyl groups is 1. The molecule has 8 heteroatoms. The Hall–Kier alpha value is -3.68. The normalized spacial score (nSPS) is 16.5. The van der Waals surface area contributed by atoms with Gasteiger partial charge in [0.15, 0.2) is 0 Å². The Morgan fingerprint density at radius 2 is 1.66 bits per heavy atom. The van der Waals surface area contributed by atoms with Gasteiger partial charge in [0.25, 0.3) is 23.6 Å².